The van der Waals surface area contributed by atoms with Gasteiger partial charge in [-0.15, -0.1) is 11.3 Å². The van der Waals surface area contributed by atoms with Crippen molar-refractivity contribution in [3.8, 4) is 10.6 Å². The number of ether oxygens (including phenoxy) is 2. The lowest BCUT2D eigenvalue weighted by Gasteiger charge is -2.01. The Bertz CT molecular complexity index is 604. The quantitative estimate of drug-likeness (QED) is 0.790. The molecular weight excluding hydrogens is 292 g/mol. The van der Waals surface area contributed by atoms with Crippen molar-refractivity contribution in [1.82, 2.24) is 9.97 Å². The Kier molecular flexibility index (Phi) is 4.99. The maximum atomic E-state index is 11.9. The Morgan fingerprint density at radius 1 is 1.10 bits per heavy atom. The van der Waals surface area contributed by atoms with Crippen LogP contribution in [-0.2, 0) is 9.47 Å². The Morgan fingerprint density at radius 2 is 1.71 bits per heavy atom. The summed E-state index contributed by atoms with van der Waals surface area (Å²) in [6.45, 7) is 3.83. The first-order chi connectivity index (χ1) is 10.2. The number of hydrogen-bond acceptors (Lipinski definition) is 7. The van der Waals surface area contributed by atoms with Gasteiger partial charge in [0, 0.05) is 18.0 Å². The second-order valence-electron chi connectivity index (χ2n) is 3.87. The molecule has 6 nitrogen and oxygen atoms in total. The zero-order valence-electron chi connectivity index (χ0n) is 11.7. The molecule has 0 saturated carbocycles. The second kappa shape index (κ2) is 6.94. The topological polar surface area (TPSA) is 78.4 Å². The van der Waals surface area contributed by atoms with E-state index in [0.29, 0.717) is 5.01 Å². The van der Waals surface area contributed by atoms with E-state index < -0.39 is 11.9 Å². The largest absolute Gasteiger partial charge is 0.462 e. The average molecular weight is 306 g/mol. The molecule has 0 aliphatic carbocycles. The van der Waals surface area contributed by atoms with Gasteiger partial charge in [-0.1, -0.05) is 0 Å². The Hall–Kier alpha value is -2.28. The smallest absolute Gasteiger partial charge is 0.358 e. The SMILES string of the molecule is CCOC(=O)c1nc(-c2ccncc2)sc1C(=O)OCC. The highest BCUT2D eigenvalue weighted by molar-refractivity contribution is 7.17. The van der Waals surface area contributed by atoms with Crippen molar-refractivity contribution in [1.29, 1.82) is 0 Å². The Morgan fingerprint density at radius 3 is 2.33 bits per heavy atom. The van der Waals surface area contributed by atoms with Crippen LogP contribution in [0.3, 0.4) is 0 Å². The van der Waals surface area contributed by atoms with Crippen molar-refractivity contribution in [2.45, 2.75) is 13.8 Å². The number of carbonyl (C=O) groups is 2. The molecule has 7 heteroatoms. The second-order valence-corrected chi connectivity index (χ2v) is 4.87. The molecule has 110 valence electrons. The molecule has 2 rings (SSSR count). The lowest BCUT2D eigenvalue weighted by Crippen LogP contribution is -2.12. The maximum Gasteiger partial charge on any atom is 0.358 e. The molecule has 2 aromatic heterocycles. The molecule has 0 aliphatic rings. The number of thiazole rings is 1. The van der Waals surface area contributed by atoms with Crippen LogP contribution in [-0.4, -0.2) is 35.1 Å². The van der Waals surface area contributed by atoms with Crippen LogP contribution in [0.1, 0.15) is 34.0 Å². The molecule has 0 aromatic carbocycles. The average Bonchev–Trinajstić information content (AvgIpc) is 2.94. The highest BCUT2D eigenvalue weighted by atomic mass is 32.1. The van der Waals surface area contributed by atoms with Crippen LogP contribution >= 0.6 is 11.3 Å². The monoisotopic (exact) mass is 306 g/mol. The summed E-state index contributed by atoms with van der Waals surface area (Å²) in [5.74, 6) is -1.20. The molecule has 0 amide bonds. The zero-order chi connectivity index (χ0) is 15.2. The minimum Gasteiger partial charge on any atom is -0.462 e. The third-order valence-corrected chi connectivity index (χ3v) is 3.57. The number of aromatic nitrogens is 2. The molecule has 0 radical (unpaired) electrons. The van der Waals surface area contributed by atoms with Crippen LogP contribution in [0.5, 0.6) is 0 Å². The van der Waals surface area contributed by atoms with Gasteiger partial charge in [-0.25, -0.2) is 14.6 Å². The van der Waals surface area contributed by atoms with Crippen molar-refractivity contribution >= 4 is 23.3 Å². The first kappa shape index (κ1) is 15.1. The van der Waals surface area contributed by atoms with E-state index in [2.05, 4.69) is 9.97 Å². The number of esters is 2. The summed E-state index contributed by atoms with van der Waals surface area (Å²) in [7, 11) is 0. The number of hydrogen-bond donors (Lipinski definition) is 0. The van der Waals surface area contributed by atoms with Gasteiger partial charge in [-0.2, -0.15) is 0 Å². The molecule has 2 aromatic rings. The summed E-state index contributed by atoms with van der Waals surface area (Å²) in [5, 5.41) is 0.545. The van der Waals surface area contributed by atoms with E-state index in [1.54, 1.807) is 38.4 Å². The Balaban J connectivity index is 2.44. The van der Waals surface area contributed by atoms with E-state index >= 15 is 0 Å². The van der Waals surface area contributed by atoms with Gasteiger partial charge in [-0.05, 0) is 26.0 Å². The summed E-state index contributed by atoms with van der Waals surface area (Å²) < 4.78 is 9.89. The zero-order valence-corrected chi connectivity index (χ0v) is 12.5. The van der Waals surface area contributed by atoms with Gasteiger partial charge in [0.25, 0.3) is 0 Å². The van der Waals surface area contributed by atoms with Gasteiger partial charge in [0.1, 0.15) is 9.88 Å². The maximum absolute atomic E-state index is 11.9. The van der Waals surface area contributed by atoms with Crippen molar-refractivity contribution in [3.63, 3.8) is 0 Å². The minimum absolute atomic E-state index is 0.00730. The van der Waals surface area contributed by atoms with E-state index in [1.807, 2.05) is 0 Å². The highest BCUT2D eigenvalue weighted by Crippen LogP contribution is 2.28. The Labute approximate surface area is 125 Å². The summed E-state index contributed by atoms with van der Waals surface area (Å²) in [4.78, 5) is 32.2. The van der Waals surface area contributed by atoms with Gasteiger partial charge < -0.3 is 9.47 Å². The molecule has 0 saturated heterocycles. The molecule has 0 spiro atoms. The van der Waals surface area contributed by atoms with Crippen molar-refractivity contribution < 1.29 is 19.1 Å². The van der Waals surface area contributed by atoms with E-state index in [-0.39, 0.29) is 23.8 Å². The van der Waals surface area contributed by atoms with E-state index in [9.17, 15) is 9.59 Å². The lowest BCUT2D eigenvalue weighted by atomic mass is 10.3. The molecule has 0 aliphatic heterocycles. The minimum atomic E-state index is -0.628. The predicted octanol–water partition coefficient (Wildman–Crippen LogP) is 2.56. The molecule has 2 heterocycles. The number of carbonyl (C=O) groups excluding carboxylic acids is 2. The fourth-order valence-corrected chi connectivity index (χ4v) is 2.56. The molecular formula is C14H14N2O4S. The van der Waals surface area contributed by atoms with Gasteiger partial charge in [0.2, 0.25) is 0 Å². The van der Waals surface area contributed by atoms with Crippen LogP contribution in [0.15, 0.2) is 24.5 Å². The third kappa shape index (κ3) is 3.43. The van der Waals surface area contributed by atoms with Gasteiger partial charge in [0.05, 0.1) is 13.2 Å². The molecule has 0 unspecified atom stereocenters. The van der Waals surface area contributed by atoms with Gasteiger partial charge in [-0.3, -0.25) is 4.98 Å². The van der Waals surface area contributed by atoms with Crippen molar-refractivity contribution in [2.75, 3.05) is 13.2 Å². The summed E-state index contributed by atoms with van der Waals surface area (Å²) in [6, 6.07) is 3.51. The number of nitrogens with zero attached hydrogens (tertiary/aromatic N) is 2. The number of pyridine rings is 1. The summed E-state index contributed by atoms with van der Waals surface area (Å²) in [6.07, 6.45) is 3.23. The van der Waals surface area contributed by atoms with Crippen molar-refractivity contribution in [3.05, 3.63) is 35.1 Å². The van der Waals surface area contributed by atoms with Crippen LogP contribution in [0.4, 0.5) is 0 Å². The van der Waals surface area contributed by atoms with Crippen LogP contribution < -0.4 is 0 Å². The third-order valence-electron chi connectivity index (χ3n) is 2.48. The van der Waals surface area contributed by atoms with E-state index in [1.165, 1.54) is 0 Å². The van der Waals surface area contributed by atoms with Crippen LogP contribution in [0.2, 0.25) is 0 Å². The summed E-state index contributed by atoms with van der Waals surface area (Å²) >= 11 is 1.10. The first-order valence-electron chi connectivity index (χ1n) is 6.42. The molecule has 0 fully saturated rings. The van der Waals surface area contributed by atoms with Crippen LogP contribution in [0.25, 0.3) is 10.6 Å². The van der Waals surface area contributed by atoms with Crippen LogP contribution in [0, 0.1) is 0 Å². The normalized spacial score (nSPS) is 10.2. The van der Waals surface area contributed by atoms with E-state index in [0.717, 1.165) is 16.9 Å². The highest BCUT2D eigenvalue weighted by Gasteiger charge is 2.25. The molecule has 0 N–H and O–H groups in total. The standard InChI is InChI=1S/C14H14N2O4S/c1-3-19-13(17)10-11(14(18)20-4-2)21-12(16-10)9-5-7-15-8-6-9/h5-8H,3-4H2,1-2H3. The summed E-state index contributed by atoms with van der Waals surface area (Å²) in [5.41, 5.74) is 0.767. The molecule has 21 heavy (non-hydrogen) atoms. The first-order valence-corrected chi connectivity index (χ1v) is 7.24. The predicted molar refractivity (Wildman–Crippen MR) is 77.3 cm³/mol. The fraction of sp³-hybridized carbons (Fsp3) is 0.286. The van der Waals surface area contributed by atoms with E-state index in [4.69, 9.17) is 9.47 Å². The van der Waals surface area contributed by atoms with Gasteiger partial charge in [0.15, 0.2) is 5.69 Å². The molecule has 0 atom stereocenters. The lowest BCUT2D eigenvalue weighted by molar-refractivity contribution is 0.0479. The van der Waals surface area contributed by atoms with Gasteiger partial charge >= 0.3 is 11.9 Å². The van der Waals surface area contributed by atoms with Crippen molar-refractivity contribution in [2.24, 2.45) is 0 Å². The molecule has 0 bridgehead atoms. The fourth-order valence-electron chi connectivity index (χ4n) is 1.61. The number of rotatable bonds is 5.